The van der Waals surface area contributed by atoms with Crippen LogP contribution in [0.5, 0.6) is 0 Å². The number of hydrogen-bond acceptors (Lipinski definition) is 7. The van der Waals surface area contributed by atoms with Gasteiger partial charge >= 0.3 is 0 Å². The Kier molecular flexibility index (Phi) is 5.06. The van der Waals surface area contributed by atoms with Crippen molar-refractivity contribution < 1.29 is 9.53 Å². The smallest absolute Gasteiger partial charge is 0.266 e. The minimum Gasteiger partial charge on any atom is -0.384 e. The second-order valence-electron chi connectivity index (χ2n) is 6.68. The quantitative estimate of drug-likeness (QED) is 0.733. The lowest BCUT2D eigenvalue weighted by Crippen LogP contribution is -2.42. The van der Waals surface area contributed by atoms with Gasteiger partial charge in [0, 0.05) is 18.3 Å². The van der Waals surface area contributed by atoms with Gasteiger partial charge in [-0.3, -0.25) is 4.79 Å². The van der Waals surface area contributed by atoms with Gasteiger partial charge in [-0.05, 0) is 38.1 Å². The standard InChI is InChI=1S/C20H21N5O2S/c1-12-19(28-13(2)23-12)20(26)25-8-9-27-17(11-25)16-5-3-4-15(24-16)14-6-7-18(21)22-10-14/h3-7,10,17H,8-9,11H2,1-2H3,(H2,21,22)/t17-/m1/s1. The highest BCUT2D eigenvalue weighted by molar-refractivity contribution is 7.13. The molecule has 0 radical (unpaired) electrons. The topological polar surface area (TPSA) is 94.2 Å². The lowest BCUT2D eigenvalue weighted by atomic mass is 10.1. The van der Waals surface area contributed by atoms with Crippen molar-refractivity contribution in [3.63, 3.8) is 0 Å². The molecular formula is C20H21N5O2S. The molecule has 0 aliphatic carbocycles. The van der Waals surface area contributed by atoms with E-state index < -0.39 is 0 Å². The molecule has 3 aromatic rings. The van der Waals surface area contributed by atoms with Crippen LogP contribution in [0.15, 0.2) is 36.5 Å². The van der Waals surface area contributed by atoms with E-state index in [-0.39, 0.29) is 12.0 Å². The fourth-order valence-electron chi connectivity index (χ4n) is 3.23. The van der Waals surface area contributed by atoms with Crippen LogP contribution in [-0.2, 0) is 4.74 Å². The van der Waals surface area contributed by atoms with Crippen molar-refractivity contribution in [2.45, 2.75) is 20.0 Å². The van der Waals surface area contributed by atoms with Gasteiger partial charge in [-0.25, -0.2) is 15.0 Å². The zero-order valence-corrected chi connectivity index (χ0v) is 16.6. The van der Waals surface area contributed by atoms with E-state index >= 15 is 0 Å². The molecule has 4 heterocycles. The van der Waals surface area contributed by atoms with Gasteiger partial charge in [-0.2, -0.15) is 0 Å². The van der Waals surface area contributed by atoms with E-state index in [0.717, 1.165) is 27.7 Å². The Morgan fingerprint density at radius 2 is 2.11 bits per heavy atom. The Bertz CT molecular complexity index is 1000. The minimum absolute atomic E-state index is 0.00953. The molecule has 2 N–H and O–H groups in total. The number of hydrogen-bond donors (Lipinski definition) is 1. The molecule has 7 nitrogen and oxygen atoms in total. The molecule has 1 fully saturated rings. The number of morpholine rings is 1. The van der Waals surface area contributed by atoms with Crippen LogP contribution in [0.25, 0.3) is 11.3 Å². The maximum Gasteiger partial charge on any atom is 0.266 e. The first-order valence-corrected chi connectivity index (χ1v) is 9.86. The Balaban J connectivity index is 1.55. The van der Waals surface area contributed by atoms with E-state index in [0.29, 0.717) is 30.4 Å². The number of ether oxygens (including phenoxy) is 1. The molecule has 1 atom stereocenters. The first kappa shape index (κ1) is 18.5. The van der Waals surface area contributed by atoms with Crippen LogP contribution in [0.2, 0.25) is 0 Å². The van der Waals surface area contributed by atoms with Crippen molar-refractivity contribution in [1.29, 1.82) is 0 Å². The Labute approximate surface area is 167 Å². The number of amides is 1. The summed E-state index contributed by atoms with van der Waals surface area (Å²) in [6.07, 6.45) is 1.43. The third-order valence-corrected chi connectivity index (χ3v) is 5.69. The Hall–Kier alpha value is -2.84. The molecule has 4 rings (SSSR count). The summed E-state index contributed by atoms with van der Waals surface area (Å²) in [6, 6.07) is 9.43. The molecule has 1 aliphatic heterocycles. The van der Waals surface area contributed by atoms with Gasteiger partial charge in [-0.15, -0.1) is 11.3 Å². The van der Waals surface area contributed by atoms with Crippen molar-refractivity contribution in [3.05, 3.63) is 57.8 Å². The van der Waals surface area contributed by atoms with Gasteiger partial charge in [0.1, 0.15) is 16.8 Å². The summed E-state index contributed by atoms with van der Waals surface area (Å²) >= 11 is 1.44. The predicted molar refractivity (Wildman–Crippen MR) is 108 cm³/mol. The van der Waals surface area contributed by atoms with Crippen LogP contribution in [0.4, 0.5) is 5.82 Å². The molecule has 144 valence electrons. The molecule has 1 saturated heterocycles. The summed E-state index contributed by atoms with van der Waals surface area (Å²) in [5.74, 6) is 0.480. The number of carbonyl (C=O) groups excluding carboxylic acids is 1. The van der Waals surface area contributed by atoms with E-state index in [1.165, 1.54) is 11.3 Å². The highest BCUT2D eigenvalue weighted by atomic mass is 32.1. The fourth-order valence-corrected chi connectivity index (χ4v) is 4.12. The average molecular weight is 395 g/mol. The molecule has 0 unspecified atom stereocenters. The summed E-state index contributed by atoms with van der Waals surface area (Å²) in [6.45, 7) is 5.29. The number of thiazole rings is 1. The molecular weight excluding hydrogens is 374 g/mol. The SMILES string of the molecule is Cc1nc(C)c(C(=O)N2CCO[C@@H](c3cccc(-c4ccc(N)nc4)n3)C2)s1. The van der Waals surface area contributed by atoms with E-state index in [1.807, 2.05) is 43.0 Å². The van der Waals surface area contributed by atoms with Gasteiger partial charge in [0.15, 0.2) is 0 Å². The highest BCUT2D eigenvalue weighted by Gasteiger charge is 2.29. The van der Waals surface area contributed by atoms with E-state index in [1.54, 1.807) is 12.3 Å². The number of carbonyl (C=O) groups is 1. The molecule has 3 aromatic heterocycles. The van der Waals surface area contributed by atoms with Gasteiger partial charge in [0.2, 0.25) is 0 Å². The number of nitrogen functional groups attached to an aromatic ring is 1. The van der Waals surface area contributed by atoms with Gasteiger partial charge in [0.25, 0.3) is 5.91 Å². The summed E-state index contributed by atoms with van der Waals surface area (Å²) in [5, 5.41) is 0.900. The summed E-state index contributed by atoms with van der Waals surface area (Å²) < 4.78 is 5.92. The molecule has 28 heavy (non-hydrogen) atoms. The zero-order valence-electron chi connectivity index (χ0n) is 15.8. The van der Waals surface area contributed by atoms with Crippen molar-refractivity contribution in [1.82, 2.24) is 19.9 Å². The van der Waals surface area contributed by atoms with E-state index in [4.69, 9.17) is 15.5 Å². The summed E-state index contributed by atoms with van der Waals surface area (Å²) in [4.78, 5) is 28.7. The first-order valence-electron chi connectivity index (χ1n) is 9.05. The van der Waals surface area contributed by atoms with Crippen LogP contribution in [-0.4, -0.2) is 45.5 Å². The van der Waals surface area contributed by atoms with E-state index in [9.17, 15) is 4.79 Å². The number of pyridine rings is 2. The normalized spacial score (nSPS) is 16.9. The molecule has 0 spiro atoms. The van der Waals surface area contributed by atoms with Gasteiger partial charge in [0.05, 0.1) is 35.2 Å². The van der Waals surface area contributed by atoms with Gasteiger partial charge < -0.3 is 15.4 Å². The molecule has 1 aliphatic rings. The first-order chi connectivity index (χ1) is 13.5. The molecule has 0 saturated carbocycles. The summed E-state index contributed by atoms with van der Waals surface area (Å²) in [5.41, 5.74) is 8.92. The van der Waals surface area contributed by atoms with Crippen LogP contribution in [0.3, 0.4) is 0 Å². The minimum atomic E-state index is -0.270. The number of rotatable bonds is 3. The van der Waals surface area contributed by atoms with Crippen molar-refractivity contribution in [2.24, 2.45) is 0 Å². The molecule has 8 heteroatoms. The number of anilines is 1. The number of nitrogens with zero attached hydrogens (tertiary/aromatic N) is 4. The molecule has 0 bridgehead atoms. The number of nitrogens with two attached hydrogens (primary N) is 1. The summed E-state index contributed by atoms with van der Waals surface area (Å²) in [7, 11) is 0. The molecule has 0 aromatic carbocycles. The maximum atomic E-state index is 12.9. The Morgan fingerprint density at radius 3 is 2.82 bits per heavy atom. The lowest BCUT2D eigenvalue weighted by molar-refractivity contribution is -0.0245. The van der Waals surface area contributed by atoms with Gasteiger partial charge in [-0.1, -0.05) is 6.07 Å². The monoisotopic (exact) mass is 395 g/mol. The second kappa shape index (κ2) is 7.65. The van der Waals surface area contributed by atoms with Crippen molar-refractivity contribution in [2.75, 3.05) is 25.4 Å². The largest absolute Gasteiger partial charge is 0.384 e. The number of aromatic nitrogens is 3. The second-order valence-corrected chi connectivity index (χ2v) is 7.88. The third-order valence-electron chi connectivity index (χ3n) is 4.63. The zero-order chi connectivity index (χ0) is 19.7. The molecule has 1 amide bonds. The van der Waals surface area contributed by atoms with Crippen LogP contribution in [0.1, 0.15) is 32.2 Å². The van der Waals surface area contributed by atoms with Crippen molar-refractivity contribution in [3.8, 4) is 11.3 Å². The van der Waals surface area contributed by atoms with Crippen LogP contribution >= 0.6 is 11.3 Å². The van der Waals surface area contributed by atoms with Crippen molar-refractivity contribution >= 4 is 23.1 Å². The Morgan fingerprint density at radius 1 is 1.25 bits per heavy atom. The van der Waals surface area contributed by atoms with E-state index in [2.05, 4.69) is 9.97 Å². The highest BCUT2D eigenvalue weighted by Crippen LogP contribution is 2.26. The number of aryl methyl sites for hydroxylation is 2. The average Bonchev–Trinajstić information content (AvgIpc) is 3.06. The third kappa shape index (κ3) is 3.74. The predicted octanol–water partition coefficient (Wildman–Crippen LogP) is 3.01. The fraction of sp³-hybridized carbons (Fsp3) is 0.300. The van der Waals surface area contributed by atoms with Crippen LogP contribution in [0, 0.1) is 13.8 Å². The maximum absolute atomic E-state index is 12.9. The van der Waals surface area contributed by atoms with Crippen LogP contribution < -0.4 is 5.73 Å². The lowest BCUT2D eigenvalue weighted by Gasteiger charge is -2.32.